The summed E-state index contributed by atoms with van der Waals surface area (Å²) >= 11 is 0. The van der Waals surface area contributed by atoms with Crippen molar-refractivity contribution in [2.24, 2.45) is 0 Å². The van der Waals surface area contributed by atoms with Gasteiger partial charge in [-0.15, -0.1) is 0 Å². The van der Waals surface area contributed by atoms with E-state index in [2.05, 4.69) is 4.74 Å². The van der Waals surface area contributed by atoms with Crippen LogP contribution in [0.3, 0.4) is 0 Å². The van der Waals surface area contributed by atoms with Crippen molar-refractivity contribution in [3.05, 3.63) is 6.61 Å². The molecule has 5 heteroatoms. The molecule has 0 aliphatic heterocycles. The van der Waals surface area contributed by atoms with Crippen molar-refractivity contribution in [2.45, 2.75) is 20.0 Å². The van der Waals surface area contributed by atoms with Gasteiger partial charge in [0.15, 0.2) is 12.8 Å². The maximum absolute atomic E-state index is 12.2. The normalized spacial score (nSPS) is 12.5. The van der Waals surface area contributed by atoms with Gasteiger partial charge in [0.2, 0.25) is 0 Å². The van der Waals surface area contributed by atoms with Gasteiger partial charge < -0.3 is 14.2 Å². The minimum atomic E-state index is -1.60. The maximum Gasteiger partial charge on any atom is 0.340 e. The number of alkyl halides is 1. The van der Waals surface area contributed by atoms with Crippen LogP contribution in [0.5, 0.6) is 0 Å². The lowest BCUT2D eigenvalue weighted by Gasteiger charge is -2.05. The van der Waals surface area contributed by atoms with E-state index in [0.717, 1.165) is 13.5 Å². The molecule has 0 N–H and O–H groups in total. The van der Waals surface area contributed by atoms with Crippen molar-refractivity contribution in [1.82, 2.24) is 0 Å². The maximum atomic E-state index is 12.2. The van der Waals surface area contributed by atoms with Crippen LogP contribution in [0.1, 0.15) is 13.8 Å². The summed E-state index contributed by atoms with van der Waals surface area (Å²) in [6, 6.07) is 0. The van der Waals surface area contributed by atoms with E-state index in [-0.39, 0.29) is 6.61 Å². The molecule has 83 valence electrons. The van der Waals surface area contributed by atoms with Gasteiger partial charge in [0.1, 0.15) is 0 Å². The molecular weight excluding hydrogens is 191 g/mol. The summed E-state index contributed by atoms with van der Waals surface area (Å²) in [6.07, 6.45) is -1.60. The minimum absolute atomic E-state index is 0.144. The quantitative estimate of drug-likeness (QED) is 0.441. The Kier molecular flexibility index (Phi) is 8.47. The number of hydrogen-bond donors (Lipinski definition) is 0. The molecule has 0 aromatic carbocycles. The van der Waals surface area contributed by atoms with Crippen LogP contribution in [0, 0.1) is 6.61 Å². The van der Waals surface area contributed by atoms with Crippen molar-refractivity contribution >= 4 is 5.97 Å². The van der Waals surface area contributed by atoms with Crippen molar-refractivity contribution < 1.29 is 23.4 Å². The zero-order chi connectivity index (χ0) is 10.8. The number of carbonyl (C=O) groups is 1. The topological polar surface area (TPSA) is 44.8 Å². The Hall–Kier alpha value is -0.680. The first-order chi connectivity index (χ1) is 6.68. The van der Waals surface area contributed by atoms with Gasteiger partial charge in [-0.1, -0.05) is 0 Å². The van der Waals surface area contributed by atoms with Gasteiger partial charge in [0.05, 0.1) is 19.8 Å². The smallest absolute Gasteiger partial charge is 0.340 e. The zero-order valence-electron chi connectivity index (χ0n) is 8.49. The van der Waals surface area contributed by atoms with Gasteiger partial charge in [-0.25, -0.2) is 9.18 Å². The first-order valence-electron chi connectivity index (χ1n) is 4.50. The molecule has 0 saturated heterocycles. The Balaban J connectivity index is 3.10. The highest BCUT2D eigenvalue weighted by Gasteiger charge is 2.11. The molecule has 1 unspecified atom stereocenters. The Bertz CT molecular complexity index is 150. The summed E-state index contributed by atoms with van der Waals surface area (Å²) in [5, 5.41) is 0. The average Bonchev–Trinajstić information content (AvgIpc) is 2.16. The molecule has 0 saturated carbocycles. The number of halogens is 1. The lowest BCUT2D eigenvalue weighted by atomic mass is 10.4. The van der Waals surface area contributed by atoms with Crippen LogP contribution in [0.4, 0.5) is 4.39 Å². The van der Waals surface area contributed by atoms with Crippen molar-refractivity contribution in [3.63, 3.8) is 0 Å². The van der Waals surface area contributed by atoms with Gasteiger partial charge in [-0.3, -0.25) is 0 Å². The molecule has 0 spiro atoms. The number of esters is 1. The van der Waals surface area contributed by atoms with Gasteiger partial charge >= 0.3 is 5.97 Å². The van der Waals surface area contributed by atoms with Crippen LogP contribution < -0.4 is 0 Å². The third-order valence-corrected chi connectivity index (χ3v) is 1.29. The van der Waals surface area contributed by atoms with Crippen molar-refractivity contribution in [3.8, 4) is 0 Å². The molecule has 0 amide bonds. The van der Waals surface area contributed by atoms with Gasteiger partial charge in [0.25, 0.3) is 0 Å². The van der Waals surface area contributed by atoms with Gasteiger partial charge in [-0.05, 0) is 13.8 Å². The lowest BCUT2D eigenvalue weighted by molar-refractivity contribution is -0.146. The average molecular weight is 207 g/mol. The molecule has 0 aliphatic rings. The molecule has 14 heavy (non-hydrogen) atoms. The molecule has 1 radical (unpaired) electrons. The third-order valence-electron chi connectivity index (χ3n) is 1.29. The van der Waals surface area contributed by atoms with E-state index in [0.29, 0.717) is 19.8 Å². The lowest BCUT2D eigenvalue weighted by Crippen LogP contribution is -2.15. The summed E-state index contributed by atoms with van der Waals surface area (Å²) in [7, 11) is 0. The molecular formula is C9H16FO4. The molecule has 0 bridgehead atoms. The van der Waals surface area contributed by atoms with Crippen LogP contribution in [0.15, 0.2) is 0 Å². The van der Waals surface area contributed by atoms with E-state index in [4.69, 9.17) is 9.47 Å². The second-order valence-corrected chi connectivity index (χ2v) is 2.49. The fourth-order valence-electron chi connectivity index (χ4n) is 0.604. The summed E-state index contributed by atoms with van der Waals surface area (Å²) in [6.45, 7) is 5.84. The van der Waals surface area contributed by atoms with Gasteiger partial charge in [-0.2, -0.15) is 0 Å². The van der Waals surface area contributed by atoms with E-state index in [1.165, 1.54) is 0 Å². The summed E-state index contributed by atoms with van der Waals surface area (Å²) in [5.74, 6) is -0.904. The van der Waals surface area contributed by atoms with E-state index in [1.807, 2.05) is 6.92 Å². The van der Waals surface area contributed by atoms with Crippen LogP contribution >= 0.6 is 0 Å². The molecule has 0 aromatic heterocycles. The van der Waals surface area contributed by atoms with Crippen molar-refractivity contribution in [1.29, 1.82) is 0 Å². The summed E-state index contributed by atoms with van der Waals surface area (Å²) < 4.78 is 26.6. The highest BCUT2D eigenvalue weighted by atomic mass is 19.1. The zero-order valence-corrected chi connectivity index (χ0v) is 8.49. The largest absolute Gasteiger partial charge is 0.454 e. The molecule has 0 rings (SSSR count). The standard InChI is InChI=1S/C9H16FO4/c1-3-12-4-5-13-6-7-14-9(11)8(2)10/h7-8H,3-6H2,1-2H3. The SMILES string of the molecule is CCOCCOC[CH]OC(=O)C(C)F. The van der Waals surface area contributed by atoms with E-state index in [1.54, 1.807) is 0 Å². The second-order valence-electron chi connectivity index (χ2n) is 2.49. The predicted octanol–water partition coefficient (Wildman–Crippen LogP) is 1.10. The minimum Gasteiger partial charge on any atom is -0.454 e. The predicted molar refractivity (Wildman–Crippen MR) is 48.3 cm³/mol. The number of rotatable bonds is 8. The summed E-state index contributed by atoms with van der Waals surface area (Å²) in [4.78, 5) is 10.6. The number of carbonyl (C=O) groups excluding carboxylic acids is 1. The summed E-state index contributed by atoms with van der Waals surface area (Å²) in [5.41, 5.74) is 0. The molecule has 0 aliphatic carbocycles. The molecule has 4 nitrogen and oxygen atoms in total. The number of hydrogen-bond acceptors (Lipinski definition) is 4. The molecule has 1 atom stereocenters. The monoisotopic (exact) mass is 207 g/mol. The van der Waals surface area contributed by atoms with E-state index >= 15 is 0 Å². The fraction of sp³-hybridized carbons (Fsp3) is 0.778. The van der Waals surface area contributed by atoms with Crippen LogP contribution in [-0.2, 0) is 19.0 Å². The van der Waals surface area contributed by atoms with Gasteiger partial charge in [0, 0.05) is 6.61 Å². The van der Waals surface area contributed by atoms with E-state index < -0.39 is 12.1 Å². The first-order valence-corrected chi connectivity index (χ1v) is 4.50. The first kappa shape index (κ1) is 13.3. The highest BCUT2D eigenvalue weighted by Crippen LogP contribution is 1.94. The van der Waals surface area contributed by atoms with Crippen LogP contribution in [0.2, 0.25) is 0 Å². The fourth-order valence-corrected chi connectivity index (χ4v) is 0.604. The Morgan fingerprint density at radius 2 is 2.07 bits per heavy atom. The number of ether oxygens (including phenoxy) is 3. The van der Waals surface area contributed by atoms with Crippen LogP contribution in [0.25, 0.3) is 0 Å². The second kappa shape index (κ2) is 8.90. The Morgan fingerprint density at radius 3 is 2.64 bits per heavy atom. The molecule has 0 heterocycles. The highest BCUT2D eigenvalue weighted by molar-refractivity contribution is 5.74. The van der Waals surface area contributed by atoms with Crippen LogP contribution in [-0.4, -0.2) is 38.6 Å². The Morgan fingerprint density at radius 1 is 1.43 bits per heavy atom. The Labute approximate surface area is 83.3 Å². The third kappa shape index (κ3) is 7.94. The molecule has 0 aromatic rings. The van der Waals surface area contributed by atoms with Crippen molar-refractivity contribution in [2.75, 3.05) is 26.4 Å². The van der Waals surface area contributed by atoms with E-state index in [9.17, 15) is 9.18 Å². The molecule has 0 fully saturated rings.